The third-order valence-corrected chi connectivity index (χ3v) is 5.49. The number of guanidine groups is 1. The fourth-order valence-corrected chi connectivity index (χ4v) is 3.96. The van der Waals surface area contributed by atoms with E-state index < -0.39 is 0 Å². The Morgan fingerprint density at radius 3 is 2.88 bits per heavy atom. The number of piperidine rings is 1. The van der Waals surface area contributed by atoms with Gasteiger partial charge in [-0.15, -0.1) is 24.0 Å². The van der Waals surface area contributed by atoms with Crippen LogP contribution in [-0.2, 0) is 6.54 Å². The number of nitriles is 1. The van der Waals surface area contributed by atoms with Crippen molar-refractivity contribution in [2.45, 2.75) is 25.4 Å². The van der Waals surface area contributed by atoms with Crippen molar-refractivity contribution in [3.8, 4) is 11.8 Å². The second-order valence-electron chi connectivity index (χ2n) is 7.60. The van der Waals surface area contributed by atoms with Crippen LogP contribution in [0.15, 0.2) is 72.0 Å². The number of aromatic nitrogens is 2. The second kappa shape index (κ2) is 11.5. The van der Waals surface area contributed by atoms with E-state index in [1.165, 1.54) is 0 Å². The van der Waals surface area contributed by atoms with E-state index in [-0.39, 0.29) is 30.0 Å². The maximum atomic E-state index is 9.43. The summed E-state index contributed by atoms with van der Waals surface area (Å²) in [6.45, 7) is 2.47. The average Bonchev–Trinajstić information content (AvgIpc) is 3.37. The van der Waals surface area contributed by atoms with Crippen LogP contribution in [0, 0.1) is 11.3 Å². The molecule has 1 aromatic heterocycles. The lowest BCUT2D eigenvalue weighted by Gasteiger charge is -2.35. The largest absolute Gasteiger partial charge is 0.368 e. The van der Waals surface area contributed by atoms with Crippen molar-refractivity contribution in [2.24, 2.45) is 4.99 Å². The van der Waals surface area contributed by atoms with Crippen LogP contribution in [-0.4, -0.2) is 41.9 Å². The Hall–Kier alpha value is -3.06. The van der Waals surface area contributed by atoms with Crippen molar-refractivity contribution in [3.63, 3.8) is 0 Å². The molecular weight excluding hydrogens is 513 g/mol. The molecule has 166 valence electrons. The molecule has 2 aromatic carbocycles. The quantitative estimate of drug-likeness (QED) is 0.293. The van der Waals surface area contributed by atoms with Gasteiger partial charge >= 0.3 is 0 Å². The fraction of sp³-hybridized carbons (Fsp3) is 0.292. The molecule has 2 heterocycles. The van der Waals surface area contributed by atoms with E-state index in [0.29, 0.717) is 6.54 Å². The summed E-state index contributed by atoms with van der Waals surface area (Å²) in [6, 6.07) is 20.6. The van der Waals surface area contributed by atoms with Gasteiger partial charge in [-0.2, -0.15) is 10.4 Å². The monoisotopic (exact) mass is 541 g/mol. The fourth-order valence-electron chi connectivity index (χ4n) is 3.96. The maximum Gasteiger partial charge on any atom is 0.191 e. The highest BCUT2D eigenvalue weighted by molar-refractivity contribution is 14.0. The number of benzene rings is 2. The van der Waals surface area contributed by atoms with Crippen LogP contribution < -0.4 is 15.5 Å². The van der Waals surface area contributed by atoms with E-state index in [9.17, 15) is 5.26 Å². The van der Waals surface area contributed by atoms with Gasteiger partial charge in [-0.25, -0.2) is 4.68 Å². The molecule has 2 N–H and O–H groups in total. The van der Waals surface area contributed by atoms with Gasteiger partial charge in [0.1, 0.15) is 6.07 Å². The number of nitrogens with one attached hydrogen (secondary N) is 2. The van der Waals surface area contributed by atoms with Gasteiger partial charge < -0.3 is 15.5 Å². The molecule has 1 atom stereocenters. The molecule has 1 aliphatic rings. The first kappa shape index (κ1) is 23.6. The first-order valence-corrected chi connectivity index (χ1v) is 10.6. The molecule has 0 radical (unpaired) electrons. The van der Waals surface area contributed by atoms with Gasteiger partial charge in [-0.1, -0.05) is 24.3 Å². The smallest absolute Gasteiger partial charge is 0.191 e. The predicted octanol–water partition coefficient (Wildman–Crippen LogP) is 3.70. The number of hydrogen-bond acceptors (Lipinski definition) is 4. The number of anilines is 1. The average molecular weight is 541 g/mol. The highest BCUT2D eigenvalue weighted by Crippen LogP contribution is 2.23. The van der Waals surface area contributed by atoms with E-state index in [4.69, 9.17) is 0 Å². The van der Waals surface area contributed by atoms with E-state index in [2.05, 4.69) is 43.8 Å². The van der Waals surface area contributed by atoms with Gasteiger partial charge in [-0.05, 0) is 48.7 Å². The molecule has 8 heteroatoms. The molecule has 1 fully saturated rings. The highest BCUT2D eigenvalue weighted by atomic mass is 127. The molecule has 0 amide bonds. The highest BCUT2D eigenvalue weighted by Gasteiger charge is 2.22. The topological polar surface area (TPSA) is 81.3 Å². The van der Waals surface area contributed by atoms with Crippen molar-refractivity contribution in [1.29, 1.82) is 5.26 Å². The number of halogens is 1. The molecular formula is C24H28IN7. The molecule has 32 heavy (non-hydrogen) atoms. The standard InChI is InChI=1S/C24H27N7.HI/c1-26-24(27-17-19-7-4-10-22(15-19)31-14-6-12-28-31)29-21-9-5-13-30(18-21)23-11-3-2-8-20(23)16-25;/h2-4,6-8,10-12,14-15,21H,5,9,13,17-18H2,1H3,(H2,26,27,29);1H. The molecule has 3 aromatic rings. The predicted molar refractivity (Wildman–Crippen MR) is 139 cm³/mol. The van der Waals surface area contributed by atoms with Crippen molar-refractivity contribution in [2.75, 3.05) is 25.0 Å². The minimum Gasteiger partial charge on any atom is -0.368 e. The van der Waals surface area contributed by atoms with E-state index >= 15 is 0 Å². The number of para-hydroxylation sites is 1. The van der Waals surface area contributed by atoms with E-state index in [1.54, 1.807) is 13.2 Å². The minimum atomic E-state index is 0. The van der Waals surface area contributed by atoms with Gasteiger partial charge in [0, 0.05) is 45.1 Å². The lowest BCUT2D eigenvalue weighted by atomic mass is 10.0. The molecule has 0 saturated carbocycles. The molecule has 1 aliphatic heterocycles. The molecule has 0 aliphatic carbocycles. The summed E-state index contributed by atoms with van der Waals surface area (Å²) in [6.07, 6.45) is 5.85. The zero-order valence-corrected chi connectivity index (χ0v) is 20.4. The van der Waals surface area contributed by atoms with Gasteiger partial charge in [0.2, 0.25) is 0 Å². The number of hydrogen-bond donors (Lipinski definition) is 2. The van der Waals surface area contributed by atoms with Gasteiger partial charge in [0.15, 0.2) is 5.96 Å². The lowest BCUT2D eigenvalue weighted by Crippen LogP contribution is -2.51. The van der Waals surface area contributed by atoms with Crippen molar-refractivity contribution in [3.05, 3.63) is 78.1 Å². The Balaban J connectivity index is 0.00000289. The first-order chi connectivity index (χ1) is 15.3. The summed E-state index contributed by atoms with van der Waals surface area (Å²) in [5.41, 5.74) is 3.92. The molecule has 1 unspecified atom stereocenters. The first-order valence-electron chi connectivity index (χ1n) is 10.6. The zero-order valence-electron chi connectivity index (χ0n) is 18.1. The van der Waals surface area contributed by atoms with Crippen LogP contribution in [0.5, 0.6) is 0 Å². The number of nitrogens with zero attached hydrogens (tertiary/aromatic N) is 5. The normalized spacial score (nSPS) is 16.1. The van der Waals surface area contributed by atoms with Crippen molar-refractivity contribution in [1.82, 2.24) is 20.4 Å². The number of rotatable bonds is 5. The maximum absolute atomic E-state index is 9.43. The Kier molecular flexibility index (Phi) is 8.50. The SMILES string of the molecule is CN=C(NCc1cccc(-n2cccn2)c1)NC1CCCN(c2ccccc2C#N)C1.I. The van der Waals surface area contributed by atoms with Crippen LogP contribution >= 0.6 is 24.0 Å². The van der Waals surface area contributed by atoms with Crippen LogP contribution in [0.1, 0.15) is 24.0 Å². The van der Waals surface area contributed by atoms with E-state index in [1.807, 2.05) is 53.3 Å². The van der Waals surface area contributed by atoms with Crippen molar-refractivity contribution < 1.29 is 0 Å². The third-order valence-electron chi connectivity index (χ3n) is 5.49. The molecule has 7 nitrogen and oxygen atoms in total. The second-order valence-corrected chi connectivity index (χ2v) is 7.60. The summed E-state index contributed by atoms with van der Waals surface area (Å²) >= 11 is 0. The third kappa shape index (κ3) is 5.79. The van der Waals surface area contributed by atoms with Crippen LogP contribution in [0.2, 0.25) is 0 Å². The summed E-state index contributed by atoms with van der Waals surface area (Å²) < 4.78 is 1.85. The zero-order chi connectivity index (χ0) is 21.5. The summed E-state index contributed by atoms with van der Waals surface area (Å²) in [5.74, 6) is 0.782. The molecule has 0 spiro atoms. The van der Waals surface area contributed by atoms with Crippen molar-refractivity contribution >= 4 is 35.6 Å². The molecule has 4 rings (SSSR count). The Labute approximate surface area is 206 Å². The molecule has 0 bridgehead atoms. The number of aliphatic imine (C=N–C) groups is 1. The van der Waals surface area contributed by atoms with E-state index in [0.717, 1.165) is 54.4 Å². The summed E-state index contributed by atoms with van der Waals surface area (Å²) in [4.78, 5) is 6.70. The van der Waals surface area contributed by atoms with Crippen LogP contribution in [0.25, 0.3) is 5.69 Å². The van der Waals surface area contributed by atoms with Crippen LogP contribution in [0.3, 0.4) is 0 Å². The summed E-state index contributed by atoms with van der Waals surface area (Å²) in [5, 5.41) is 20.7. The lowest BCUT2D eigenvalue weighted by molar-refractivity contribution is 0.468. The minimum absolute atomic E-state index is 0. The Morgan fingerprint density at radius 1 is 1.22 bits per heavy atom. The molecule has 1 saturated heterocycles. The van der Waals surface area contributed by atoms with Gasteiger partial charge in [0.05, 0.1) is 16.9 Å². The van der Waals surface area contributed by atoms with Gasteiger partial charge in [0.25, 0.3) is 0 Å². The van der Waals surface area contributed by atoms with Crippen LogP contribution in [0.4, 0.5) is 5.69 Å². The Bertz CT molecular complexity index is 1070. The van der Waals surface area contributed by atoms with Gasteiger partial charge in [-0.3, -0.25) is 4.99 Å². The Morgan fingerprint density at radius 2 is 2.09 bits per heavy atom. The summed E-state index contributed by atoms with van der Waals surface area (Å²) in [7, 11) is 1.79.